The summed E-state index contributed by atoms with van der Waals surface area (Å²) in [7, 11) is 0. The molecule has 1 rings (SSSR count). The number of benzene rings is 1. The third-order valence-corrected chi connectivity index (χ3v) is 2.87. The van der Waals surface area contributed by atoms with Gasteiger partial charge in [0.1, 0.15) is 5.82 Å². The standard InChI is InChI=1S/C14H22FNO/c1-10(2)16-8-7-14(4,17)12-9-11(3)5-6-13(12)15/h5-6,9-10,16-17H,7-8H2,1-4H3. The minimum atomic E-state index is -1.13. The summed E-state index contributed by atoms with van der Waals surface area (Å²) in [5.41, 5.74) is 0.208. The SMILES string of the molecule is Cc1ccc(F)c(C(C)(O)CCNC(C)C)c1. The second-order valence-corrected chi connectivity index (χ2v) is 5.12. The Morgan fingerprint density at radius 1 is 1.41 bits per heavy atom. The summed E-state index contributed by atoms with van der Waals surface area (Å²) >= 11 is 0. The normalized spacial score (nSPS) is 15.0. The van der Waals surface area contributed by atoms with Gasteiger partial charge in [0.05, 0.1) is 5.60 Å². The van der Waals surface area contributed by atoms with E-state index >= 15 is 0 Å². The zero-order valence-electron chi connectivity index (χ0n) is 11.0. The van der Waals surface area contributed by atoms with E-state index in [0.29, 0.717) is 24.6 Å². The number of hydrogen-bond donors (Lipinski definition) is 2. The molecule has 1 unspecified atom stereocenters. The first-order valence-electron chi connectivity index (χ1n) is 6.05. The van der Waals surface area contributed by atoms with Gasteiger partial charge in [0.2, 0.25) is 0 Å². The first-order valence-corrected chi connectivity index (χ1v) is 6.05. The highest BCUT2D eigenvalue weighted by Gasteiger charge is 2.26. The van der Waals surface area contributed by atoms with E-state index in [9.17, 15) is 9.50 Å². The monoisotopic (exact) mass is 239 g/mol. The maximum absolute atomic E-state index is 13.7. The Kier molecular flexibility index (Phi) is 4.66. The van der Waals surface area contributed by atoms with Crippen LogP contribution in [0.5, 0.6) is 0 Å². The second kappa shape index (κ2) is 5.61. The molecule has 0 saturated heterocycles. The molecule has 3 heteroatoms. The molecule has 0 aliphatic heterocycles. The highest BCUT2D eigenvalue weighted by atomic mass is 19.1. The molecule has 0 amide bonds. The van der Waals surface area contributed by atoms with Crippen LogP contribution in [-0.2, 0) is 5.60 Å². The van der Waals surface area contributed by atoms with Crippen LogP contribution in [0.3, 0.4) is 0 Å². The fourth-order valence-electron chi connectivity index (χ4n) is 1.79. The molecule has 96 valence electrons. The lowest BCUT2D eigenvalue weighted by atomic mass is 9.91. The third kappa shape index (κ3) is 4.10. The topological polar surface area (TPSA) is 32.3 Å². The van der Waals surface area contributed by atoms with Gasteiger partial charge in [-0.25, -0.2) is 4.39 Å². The van der Waals surface area contributed by atoms with Crippen molar-refractivity contribution in [1.29, 1.82) is 0 Å². The molecule has 1 aromatic carbocycles. The summed E-state index contributed by atoms with van der Waals surface area (Å²) in [5.74, 6) is -0.342. The van der Waals surface area contributed by atoms with Gasteiger partial charge in [-0.15, -0.1) is 0 Å². The Labute approximate surface area is 103 Å². The minimum Gasteiger partial charge on any atom is -0.385 e. The van der Waals surface area contributed by atoms with E-state index in [1.165, 1.54) is 6.07 Å². The lowest BCUT2D eigenvalue weighted by Gasteiger charge is -2.25. The van der Waals surface area contributed by atoms with Crippen LogP contribution in [0.4, 0.5) is 4.39 Å². The van der Waals surface area contributed by atoms with Crippen molar-refractivity contribution in [2.45, 2.75) is 45.8 Å². The van der Waals surface area contributed by atoms with E-state index in [4.69, 9.17) is 0 Å². The third-order valence-electron chi connectivity index (χ3n) is 2.87. The summed E-state index contributed by atoms with van der Waals surface area (Å²) in [6, 6.07) is 5.20. The van der Waals surface area contributed by atoms with E-state index in [1.807, 2.05) is 20.8 Å². The molecule has 0 fully saturated rings. The molecule has 0 radical (unpaired) electrons. The summed E-state index contributed by atoms with van der Waals surface area (Å²) in [4.78, 5) is 0. The van der Waals surface area contributed by atoms with Crippen molar-refractivity contribution in [3.63, 3.8) is 0 Å². The molecule has 17 heavy (non-hydrogen) atoms. The summed E-state index contributed by atoms with van der Waals surface area (Å²) in [6.07, 6.45) is 0.492. The van der Waals surface area contributed by atoms with Gasteiger partial charge in [-0.1, -0.05) is 31.5 Å². The van der Waals surface area contributed by atoms with Crippen LogP contribution in [0.2, 0.25) is 0 Å². The number of nitrogens with one attached hydrogen (secondary N) is 1. The Balaban J connectivity index is 2.77. The first-order chi connectivity index (χ1) is 7.83. The fraction of sp³-hybridized carbons (Fsp3) is 0.571. The largest absolute Gasteiger partial charge is 0.385 e. The van der Waals surface area contributed by atoms with Crippen LogP contribution in [0.25, 0.3) is 0 Å². The molecule has 1 atom stereocenters. The summed E-state index contributed by atoms with van der Waals surface area (Å²) in [6.45, 7) is 8.31. The molecule has 0 saturated carbocycles. The van der Waals surface area contributed by atoms with E-state index < -0.39 is 5.60 Å². The van der Waals surface area contributed by atoms with Crippen LogP contribution in [0.15, 0.2) is 18.2 Å². The molecular weight excluding hydrogens is 217 g/mol. The van der Waals surface area contributed by atoms with Crippen molar-refractivity contribution in [3.05, 3.63) is 35.1 Å². The van der Waals surface area contributed by atoms with Crippen molar-refractivity contribution in [2.24, 2.45) is 0 Å². The average Bonchev–Trinajstić information content (AvgIpc) is 2.20. The van der Waals surface area contributed by atoms with Gasteiger partial charge in [0, 0.05) is 11.6 Å². The Morgan fingerprint density at radius 3 is 2.65 bits per heavy atom. The Hall–Kier alpha value is -0.930. The molecular formula is C14H22FNO. The van der Waals surface area contributed by atoms with Crippen LogP contribution in [0, 0.1) is 12.7 Å². The predicted molar refractivity (Wildman–Crippen MR) is 68.5 cm³/mol. The van der Waals surface area contributed by atoms with Crippen LogP contribution in [0.1, 0.15) is 38.3 Å². The van der Waals surface area contributed by atoms with E-state index in [1.54, 1.807) is 19.1 Å². The van der Waals surface area contributed by atoms with Crippen LogP contribution >= 0.6 is 0 Å². The molecule has 0 spiro atoms. The molecule has 2 N–H and O–H groups in total. The van der Waals surface area contributed by atoms with Gasteiger partial charge in [-0.05, 0) is 32.9 Å². The zero-order valence-corrected chi connectivity index (χ0v) is 11.0. The molecule has 0 bridgehead atoms. The van der Waals surface area contributed by atoms with E-state index in [0.717, 1.165) is 5.56 Å². The smallest absolute Gasteiger partial charge is 0.129 e. The highest BCUT2D eigenvalue weighted by molar-refractivity contribution is 5.28. The molecule has 0 aliphatic rings. The lowest BCUT2D eigenvalue weighted by Crippen LogP contribution is -2.31. The van der Waals surface area contributed by atoms with Crippen molar-refractivity contribution in [2.75, 3.05) is 6.54 Å². The van der Waals surface area contributed by atoms with Crippen molar-refractivity contribution < 1.29 is 9.50 Å². The van der Waals surface area contributed by atoms with Crippen molar-refractivity contribution in [1.82, 2.24) is 5.32 Å². The van der Waals surface area contributed by atoms with Gasteiger partial charge in [-0.2, -0.15) is 0 Å². The minimum absolute atomic E-state index is 0.342. The second-order valence-electron chi connectivity index (χ2n) is 5.12. The van der Waals surface area contributed by atoms with Gasteiger partial charge >= 0.3 is 0 Å². The first kappa shape index (κ1) is 14.1. The number of rotatable bonds is 5. The molecule has 1 aromatic rings. The fourth-order valence-corrected chi connectivity index (χ4v) is 1.79. The molecule has 0 aromatic heterocycles. The Bertz CT molecular complexity index is 374. The number of aliphatic hydroxyl groups is 1. The molecule has 0 aliphatic carbocycles. The Morgan fingerprint density at radius 2 is 2.06 bits per heavy atom. The van der Waals surface area contributed by atoms with Gasteiger partial charge in [0.25, 0.3) is 0 Å². The van der Waals surface area contributed by atoms with E-state index in [2.05, 4.69) is 5.32 Å². The molecule has 0 heterocycles. The number of halogens is 1. The van der Waals surface area contributed by atoms with Crippen LogP contribution in [-0.4, -0.2) is 17.7 Å². The maximum atomic E-state index is 13.7. The molecule has 2 nitrogen and oxygen atoms in total. The number of aryl methyl sites for hydroxylation is 1. The average molecular weight is 239 g/mol. The van der Waals surface area contributed by atoms with Crippen molar-refractivity contribution in [3.8, 4) is 0 Å². The van der Waals surface area contributed by atoms with Crippen molar-refractivity contribution >= 4 is 0 Å². The van der Waals surface area contributed by atoms with Gasteiger partial charge in [-0.3, -0.25) is 0 Å². The summed E-state index contributed by atoms with van der Waals surface area (Å²) in [5, 5.41) is 13.5. The quantitative estimate of drug-likeness (QED) is 0.828. The van der Waals surface area contributed by atoms with Gasteiger partial charge in [0.15, 0.2) is 0 Å². The van der Waals surface area contributed by atoms with E-state index in [-0.39, 0.29) is 5.82 Å². The van der Waals surface area contributed by atoms with Gasteiger partial charge < -0.3 is 10.4 Å². The predicted octanol–water partition coefficient (Wildman–Crippen LogP) is 2.73. The summed E-state index contributed by atoms with van der Waals surface area (Å²) < 4.78 is 13.7. The lowest BCUT2D eigenvalue weighted by molar-refractivity contribution is 0.0438. The highest BCUT2D eigenvalue weighted by Crippen LogP contribution is 2.27. The maximum Gasteiger partial charge on any atom is 0.129 e. The van der Waals surface area contributed by atoms with Crippen LogP contribution < -0.4 is 5.32 Å². The number of hydrogen-bond acceptors (Lipinski definition) is 2. The zero-order chi connectivity index (χ0) is 13.1.